The van der Waals surface area contributed by atoms with Crippen LogP contribution in [0.2, 0.25) is 0 Å². The van der Waals surface area contributed by atoms with Crippen LogP contribution in [0.25, 0.3) is 0 Å². The Hall–Kier alpha value is -1.67. The maximum Gasteiger partial charge on any atom is 0.0379 e. The highest BCUT2D eigenvalue weighted by Gasteiger charge is 2.14. The largest absolute Gasteiger partial charge is 0.324 e. The fraction of sp³-hybridized carbons (Fsp3) is 0.421. The Bertz CT molecular complexity index is 586. The molecule has 0 aliphatic carbocycles. The van der Waals surface area contributed by atoms with E-state index in [4.69, 9.17) is 5.73 Å². The second-order valence-electron chi connectivity index (χ2n) is 6.94. The zero-order valence-corrected chi connectivity index (χ0v) is 13.8. The maximum absolute atomic E-state index is 6.36. The molecule has 0 saturated heterocycles. The van der Waals surface area contributed by atoms with E-state index in [9.17, 15) is 0 Å². The van der Waals surface area contributed by atoms with Crippen LogP contribution < -0.4 is 5.73 Å². The molecule has 0 aliphatic rings. The summed E-state index contributed by atoms with van der Waals surface area (Å²) < 4.78 is 0. The van der Waals surface area contributed by atoms with Crippen LogP contribution in [-0.2, 0) is 11.8 Å². The zero-order valence-electron chi connectivity index (χ0n) is 13.8. The number of hydrogen-bond donors (Lipinski definition) is 1. The molecular weight excluding hydrogens is 256 g/mol. The van der Waals surface area contributed by atoms with Crippen LogP contribution in [0, 0.1) is 13.8 Å². The van der Waals surface area contributed by atoms with Gasteiger partial charge in [0.2, 0.25) is 0 Å². The summed E-state index contributed by atoms with van der Waals surface area (Å²) in [5, 5.41) is 0. The maximum atomic E-state index is 6.36. The molecule has 0 bridgehead atoms. The normalized spacial score (nSPS) is 13.2. The third-order valence-corrected chi connectivity index (χ3v) is 3.81. The van der Waals surface area contributed by atoms with Crippen LogP contribution in [0.3, 0.4) is 0 Å². The molecule has 2 heteroatoms. The van der Waals surface area contributed by atoms with Crippen molar-refractivity contribution in [3.63, 3.8) is 0 Å². The quantitative estimate of drug-likeness (QED) is 0.914. The Morgan fingerprint density at radius 2 is 1.52 bits per heavy atom. The van der Waals surface area contributed by atoms with Crippen molar-refractivity contribution in [1.82, 2.24) is 4.98 Å². The van der Waals surface area contributed by atoms with E-state index in [1.807, 2.05) is 13.8 Å². The highest BCUT2D eigenvalue weighted by atomic mass is 14.7. The summed E-state index contributed by atoms with van der Waals surface area (Å²) in [6.07, 6.45) is 0.854. The van der Waals surface area contributed by atoms with E-state index in [1.165, 1.54) is 16.7 Å². The summed E-state index contributed by atoms with van der Waals surface area (Å²) in [7, 11) is 0. The monoisotopic (exact) mass is 282 g/mol. The van der Waals surface area contributed by atoms with Crippen LogP contribution in [0.15, 0.2) is 36.4 Å². The van der Waals surface area contributed by atoms with Gasteiger partial charge < -0.3 is 5.73 Å². The lowest BCUT2D eigenvalue weighted by Crippen LogP contribution is -2.15. The first-order valence-electron chi connectivity index (χ1n) is 7.56. The number of nitrogens with two attached hydrogens (primary N) is 1. The molecule has 2 N–H and O–H groups in total. The molecule has 1 aromatic heterocycles. The van der Waals surface area contributed by atoms with Crippen LogP contribution in [0.5, 0.6) is 0 Å². The predicted octanol–water partition coefficient (Wildman–Crippen LogP) is 4.24. The van der Waals surface area contributed by atoms with E-state index in [1.54, 1.807) is 0 Å². The highest BCUT2D eigenvalue weighted by molar-refractivity contribution is 5.30. The van der Waals surface area contributed by atoms with Gasteiger partial charge >= 0.3 is 0 Å². The van der Waals surface area contributed by atoms with Crippen LogP contribution in [0.4, 0.5) is 0 Å². The van der Waals surface area contributed by atoms with Gasteiger partial charge in [-0.1, -0.05) is 45.0 Å². The smallest absolute Gasteiger partial charge is 0.0379 e. The summed E-state index contributed by atoms with van der Waals surface area (Å²) in [5.41, 5.74) is 12.4. The van der Waals surface area contributed by atoms with Crippen molar-refractivity contribution in [3.8, 4) is 0 Å². The van der Waals surface area contributed by atoms with E-state index in [0.29, 0.717) is 0 Å². The Labute approximate surface area is 128 Å². The van der Waals surface area contributed by atoms with Gasteiger partial charge in [0, 0.05) is 17.4 Å². The summed E-state index contributed by atoms with van der Waals surface area (Å²) in [6.45, 7) is 10.7. The summed E-state index contributed by atoms with van der Waals surface area (Å²) >= 11 is 0. The SMILES string of the molecule is Cc1cc(C(N)Cc2ccc(C(C)(C)C)cc2)cc(C)n1. The van der Waals surface area contributed by atoms with Gasteiger partial charge in [-0.2, -0.15) is 0 Å². The van der Waals surface area contributed by atoms with Gasteiger partial charge in [-0.05, 0) is 54.5 Å². The van der Waals surface area contributed by atoms with Crippen molar-refractivity contribution in [2.24, 2.45) is 5.73 Å². The lowest BCUT2D eigenvalue weighted by Gasteiger charge is -2.20. The number of aryl methyl sites for hydroxylation is 2. The zero-order chi connectivity index (χ0) is 15.6. The van der Waals surface area contributed by atoms with E-state index >= 15 is 0 Å². The van der Waals surface area contributed by atoms with Crippen LogP contribution in [-0.4, -0.2) is 4.98 Å². The number of rotatable bonds is 3. The van der Waals surface area contributed by atoms with Crippen molar-refractivity contribution < 1.29 is 0 Å². The van der Waals surface area contributed by atoms with Gasteiger partial charge in [0.25, 0.3) is 0 Å². The van der Waals surface area contributed by atoms with E-state index < -0.39 is 0 Å². The van der Waals surface area contributed by atoms with Crippen molar-refractivity contribution in [2.45, 2.75) is 52.5 Å². The second-order valence-corrected chi connectivity index (χ2v) is 6.94. The molecule has 2 rings (SSSR count). The number of aromatic nitrogens is 1. The number of nitrogens with zero attached hydrogens (tertiary/aromatic N) is 1. The van der Waals surface area contributed by atoms with Crippen molar-refractivity contribution in [2.75, 3.05) is 0 Å². The molecular formula is C19H26N2. The van der Waals surface area contributed by atoms with Crippen LogP contribution in [0.1, 0.15) is 54.9 Å². The molecule has 0 spiro atoms. The summed E-state index contributed by atoms with van der Waals surface area (Å²) in [6, 6.07) is 13.0. The molecule has 0 saturated carbocycles. The van der Waals surface area contributed by atoms with Gasteiger partial charge in [-0.3, -0.25) is 4.98 Å². The number of hydrogen-bond acceptors (Lipinski definition) is 2. The van der Waals surface area contributed by atoms with E-state index in [2.05, 4.69) is 62.2 Å². The van der Waals surface area contributed by atoms with E-state index in [-0.39, 0.29) is 11.5 Å². The molecule has 1 atom stereocenters. The first kappa shape index (κ1) is 15.7. The average molecular weight is 282 g/mol. The molecule has 0 radical (unpaired) electrons. The lowest BCUT2D eigenvalue weighted by atomic mass is 9.86. The van der Waals surface area contributed by atoms with Gasteiger partial charge in [0.1, 0.15) is 0 Å². The first-order chi connectivity index (χ1) is 9.75. The highest BCUT2D eigenvalue weighted by Crippen LogP contribution is 2.24. The predicted molar refractivity (Wildman–Crippen MR) is 89.5 cm³/mol. The lowest BCUT2D eigenvalue weighted by molar-refractivity contribution is 0.589. The minimum Gasteiger partial charge on any atom is -0.324 e. The van der Waals surface area contributed by atoms with Crippen LogP contribution >= 0.6 is 0 Å². The van der Waals surface area contributed by atoms with Crippen molar-refractivity contribution in [1.29, 1.82) is 0 Å². The Morgan fingerprint density at radius 1 is 1.00 bits per heavy atom. The second kappa shape index (κ2) is 5.98. The van der Waals surface area contributed by atoms with E-state index in [0.717, 1.165) is 17.8 Å². The topological polar surface area (TPSA) is 38.9 Å². The van der Waals surface area contributed by atoms with Gasteiger partial charge in [0.05, 0.1) is 0 Å². The molecule has 0 fully saturated rings. The molecule has 1 heterocycles. The third kappa shape index (κ3) is 4.15. The Balaban J connectivity index is 2.14. The molecule has 1 aromatic carbocycles. The first-order valence-corrected chi connectivity index (χ1v) is 7.56. The van der Waals surface area contributed by atoms with Gasteiger partial charge in [-0.15, -0.1) is 0 Å². The van der Waals surface area contributed by atoms with Gasteiger partial charge in [-0.25, -0.2) is 0 Å². The number of pyridine rings is 1. The molecule has 0 aliphatic heterocycles. The molecule has 0 amide bonds. The number of benzene rings is 1. The molecule has 112 valence electrons. The molecule has 2 aromatic rings. The summed E-state index contributed by atoms with van der Waals surface area (Å²) in [5.74, 6) is 0. The minimum atomic E-state index is 0.0193. The molecule has 1 unspecified atom stereocenters. The fourth-order valence-corrected chi connectivity index (χ4v) is 2.59. The van der Waals surface area contributed by atoms with Crippen molar-refractivity contribution >= 4 is 0 Å². The minimum absolute atomic E-state index is 0.0193. The third-order valence-electron chi connectivity index (χ3n) is 3.81. The standard InChI is InChI=1S/C19H26N2/c1-13-10-16(11-14(2)21-13)18(20)12-15-6-8-17(9-7-15)19(3,4)5/h6-11,18H,12,20H2,1-5H3. The molecule has 2 nitrogen and oxygen atoms in total. The summed E-state index contributed by atoms with van der Waals surface area (Å²) in [4.78, 5) is 4.41. The Morgan fingerprint density at radius 3 is 2.00 bits per heavy atom. The fourth-order valence-electron chi connectivity index (χ4n) is 2.59. The Kier molecular flexibility index (Phi) is 4.48. The van der Waals surface area contributed by atoms with Gasteiger partial charge in [0.15, 0.2) is 0 Å². The molecule has 21 heavy (non-hydrogen) atoms. The van der Waals surface area contributed by atoms with Crippen molar-refractivity contribution in [3.05, 3.63) is 64.5 Å². The average Bonchev–Trinajstić information content (AvgIpc) is 2.37.